The Kier molecular flexibility index (Phi) is 4.33. The quantitative estimate of drug-likeness (QED) is 0.857. The summed E-state index contributed by atoms with van der Waals surface area (Å²) < 4.78 is 12.9. The van der Waals surface area contributed by atoms with Crippen molar-refractivity contribution in [2.24, 2.45) is 0 Å². The molecule has 0 aliphatic heterocycles. The minimum atomic E-state index is -0.299. The van der Waals surface area contributed by atoms with Gasteiger partial charge in [-0.05, 0) is 29.1 Å². The molecule has 2 rings (SSSR count). The fourth-order valence-electron chi connectivity index (χ4n) is 1.63. The van der Waals surface area contributed by atoms with E-state index in [9.17, 15) is 9.18 Å². The molecule has 1 heterocycles. The van der Waals surface area contributed by atoms with Gasteiger partial charge in [0.1, 0.15) is 11.7 Å². The van der Waals surface area contributed by atoms with Crippen molar-refractivity contribution in [2.45, 2.75) is 6.04 Å². The maximum absolute atomic E-state index is 12.9. The second kappa shape index (κ2) is 5.98. The zero-order chi connectivity index (χ0) is 13.0. The molecule has 1 amide bonds. The maximum atomic E-state index is 12.9. The first-order valence-electron chi connectivity index (χ1n) is 5.35. The Morgan fingerprint density at radius 2 is 2.06 bits per heavy atom. The highest BCUT2D eigenvalue weighted by atomic mass is 35.5. The Bertz CT molecular complexity index is 512. The van der Waals surface area contributed by atoms with Gasteiger partial charge in [-0.25, -0.2) is 4.39 Å². The van der Waals surface area contributed by atoms with Gasteiger partial charge in [-0.15, -0.1) is 22.9 Å². The normalized spacial score (nSPS) is 12.1. The number of carbonyl (C=O) groups is 1. The zero-order valence-electron chi connectivity index (χ0n) is 9.40. The lowest BCUT2D eigenvalue weighted by atomic mass is 10.1. The van der Waals surface area contributed by atoms with Gasteiger partial charge in [-0.3, -0.25) is 4.79 Å². The first-order valence-corrected chi connectivity index (χ1v) is 6.76. The van der Waals surface area contributed by atoms with E-state index in [-0.39, 0.29) is 23.6 Å². The smallest absolute Gasteiger partial charge is 0.235 e. The number of hydrogen-bond donors (Lipinski definition) is 1. The molecule has 0 saturated carbocycles. The van der Waals surface area contributed by atoms with Gasteiger partial charge in [0.05, 0.1) is 6.04 Å². The number of hydrogen-bond acceptors (Lipinski definition) is 2. The van der Waals surface area contributed by atoms with Crippen LogP contribution in [0.25, 0.3) is 0 Å². The second-order valence-corrected chi connectivity index (χ2v) is 4.95. The van der Waals surface area contributed by atoms with Crippen molar-refractivity contribution in [3.8, 4) is 0 Å². The van der Waals surface area contributed by atoms with Crippen LogP contribution in [-0.2, 0) is 4.79 Å². The molecule has 1 atom stereocenters. The number of benzene rings is 1. The lowest BCUT2D eigenvalue weighted by Gasteiger charge is -2.17. The van der Waals surface area contributed by atoms with Crippen molar-refractivity contribution < 1.29 is 9.18 Å². The summed E-state index contributed by atoms with van der Waals surface area (Å²) in [6, 6.07) is 9.63. The number of thiophene rings is 1. The van der Waals surface area contributed by atoms with Gasteiger partial charge < -0.3 is 5.32 Å². The molecular weight excluding hydrogens is 273 g/mol. The molecule has 0 saturated heterocycles. The van der Waals surface area contributed by atoms with Crippen LogP contribution in [0.4, 0.5) is 4.39 Å². The summed E-state index contributed by atoms with van der Waals surface area (Å²) in [6.07, 6.45) is 0. The van der Waals surface area contributed by atoms with Crippen molar-refractivity contribution in [3.05, 3.63) is 58.0 Å². The summed E-state index contributed by atoms with van der Waals surface area (Å²) in [5, 5.41) is 4.75. The molecule has 2 aromatic rings. The van der Waals surface area contributed by atoms with Crippen LogP contribution in [0.5, 0.6) is 0 Å². The predicted molar refractivity (Wildman–Crippen MR) is 71.4 cm³/mol. The molecule has 94 valence electrons. The average Bonchev–Trinajstić information content (AvgIpc) is 2.90. The van der Waals surface area contributed by atoms with Crippen LogP contribution < -0.4 is 5.32 Å². The summed E-state index contributed by atoms with van der Waals surface area (Å²) in [4.78, 5) is 12.4. The monoisotopic (exact) mass is 283 g/mol. The van der Waals surface area contributed by atoms with Gasteiger partial charge in [0.2, 0.25) is 5.91 Å². The summed E-state index contributed by atoms with van der Waals surface area (Å²) >= 11 is 7.03. The molecule has 0 fully saturated rings. The topological polar surface area (TPSA) is 29.1 Å². The summed E-state index contributed by atoms with van der Waals surface area (Å²) in [7, 11) is 0. The Morgan fingerprint density at radius 3 is 2.61 bits per heavy atom. The fraction of sp³-hybridized carbons (Fsp3) is 0.154. The molecule has 2 nitrogen and oxygen atoms in total. The van der Waals surface area contributed by atoms with Crippen LogP contribution in [-0.4, -0.2) is 11.8 Å². The number of rotatable bonds is 4. The fourth-order valence-corrected chi connectivity index (χ4v) is 2.51. The highest BCUT2D eigenvalue weighted by molar-refractivity contribution is 7.10. The Labute approximate surface area is 113 Å². The van der Waals surface area contributed by atoms with Gasteiger partial charge in [0, 0.05) is 4.88 Å². The molecule has 1 N–H and O–H groups in total. The van der Waals surface area contributed by atoms with E-state index in [1.807, 2.05) is 17.5 Å². The summed E-state index contributed by atoms with van der Waals surface area (Å²) in [5.74, 6) is -0.643. The predicted octanol–water partition coefficient (Wildman–Crippen LogP) is 3.33. The van der Waals surface area contributed by atoms with E-state index >= 15 is 0 Å². The van der Waals surface area contributed by atoms with Crippen LogP contribution in [0.2, 0.25) is 0 Å². The van der Waals surface area contributed by atoms with Crippen molar-refractivity contribution in [1.29, 1.82) is 0 Å². The van der Waals surface area contributed by atoms with Gasteiger partial charge in [-0.2, -0.15) is 0 Å². The molecule has 0 spiro atoms. The van der Waals surface area contributed by atoms with Crippen LogP contribution in [0, 0.1) is 5.82 Å². The van der Waals surface area contributed by atoms with Gasteiger partial charge >= 0.3 is 0 Å². The minimum absolute atomic E-state index is 0.0942. The maximum Gasteiger partial charge on any atom is 0.235 e. The van der Waals surface area contributed by atoms with E-state index < -0.39 is 0 Å². The van der Waals surface area contributed by atoms with Crippen LogP contribution >= 0.6 is 22.9 Å². The largest absolute Gasteiger partial charge is 0.343 e. The van der Waals surface area contributed by atoms with E-state index in [1.54, 1.807) is 12.1 Å². The zero-order valence-corrected chi connectivity index (χ0v) is 11.0. The van der Waals surface area contributed by atoms with Crippen molar-refractivity contribution in [3.63, 3.8) is 0 Å². The van der Waals surface area contributed by atoms with Gasteiger partial charge in [0.15, 0.2) is 0 Å². The molecule has 5 heteroatoms. The van der Waals surface area contributed by atoms with Gasteiger partial charge in [-0.1, -0.05) is 18.2 Å². The number of alkyl halides is 1. The Morgan fingerprint density at radius 1 is 1.33 bits per heavy atom. The second-order valence-electron chi connectivity index (χ2n) is 3.70. The number of nitrogens with one attached hydrogen (secondary N) is 1. The third kappa shape index (κ3) is 3.09. The Hall–Kier alpha value is -1.39. The lowest BCUT2D eigenvalue weighted by molar-refractivity contribution is -0.119. The Balaban J connectivity index is 2.30. The first kappa shape index (κ1) is 13.1. The molecule has 1 unspecified atom stereocenters. The van der Waals surface area contributed by atoms with E-state index in [1.165, 1.54) is 23.5 Å². The van der Waals surface area contributed by atoms with Crippen LogP contribution in [0.15, 0.2) is 41.8 Å². The van der Waals surface area contributed by atoms with Gasteiger partial charge in [0.25, 0.3) is 0 Å². The van der Waals surface area contributed by atoms with E-state index in [2.05, 4.69) is 5.32 Å². The number of carbonyl (C=O) groups excluding carboxylic acids is 1. The van der Waals surface area contributed by atoms with Crippen molar-refractivity contribution in [2.75, 3.05) is 5.88 Å². The molecule has 1 aromatic heterocycles. The molecule has 0 radical (unpaired) electrons. The third-order valence-electron chi connectivity index (χ3n) is 2.46. The number of halogens is 2. The van der Waals surface area contributed by atoms with Crippen LogP contribution in [0.1, 0.15) is 16.5 Å². The minimum Gasteiger partial charge on any atom is -0.343 e. The SMILES string of the molecule is O=C(CCl)NC(c1ccc(F)cc1)c1cccs1. The van der Waals surface area contributed by atoms with Crippen LogP contribution in [0.3, 0.4) is 0 Å². The summed E-state index contributed by atoms with van der Waals surface area (Å²) in [6.45, 7) is 0. The standard InChI is InChI=1S/C13H11ClFNOS/c14-8-12(17)16-13(11-2-1-7-18-11)9-3-5-10(15)6-4-9/h1-7,13H,8H2,(H,16,17). The van der Waals surface area contributed by atoms with Crippen molar-refractivity contribution >= 4 is 28.8 Å². The highest BCUT2D eigenvalue weighted by Gasteiger charge is 2.17. The molecular formula is C13H11ClFNOS. The average molecular weight is 284 g/mol. The molecule has 0 aliphatic carbocycles. The summed E-state index contributed by atoms with van der Waals surface area (Å²) in [5.41, 5.74) is 0.831. The third-order valence-corrected chi connectivity index (χ3v) is 3.64. The van der Waals surface area contributed by atoms with Crippen molar-refractivity contribution in [1.82, 2.24) is 5.32 Å². The molecule has 18 heavy (non-hydrogen) atoms. The van der Waals surface area contributed by atoms with E-state index in [4.69, 9.17) is 11.6 Å². The first-order chi connectivity index (χ1) is 8.70. The van der Waals surface area contributed by atoms with E-state index in [0.29, 0.717) is 0 Å². The lowest BCUT2D eigenvalue weighted by Crippen LogP contribution is -2.29. The highest BCUT2D eigenvalue weighted by Crippen LogP contribution is 2.26. The van der Waals surface area contributed by atoms with E-state index in [0.717, 1.165) is 10.4 Å². The molecule has 1 aromatic carbocycles. The number of amides is 1. The molecule has 0 bridgehead atoms. The molecule has 0 aliphatic rings.